The summed E-state index contributed by atoms with van der Waals surface area (Å²) in [6.45, 7) is 0.169. The first kappa shape index (κ1) is 17.2. The van der Waals surface area contributed by atoms with Gasteiger partial charge in [-0.2, -0.15) is 9.61 Å². The third-order valence-electron chi connectivity index (χ3n) is 3.87. The first-order chi connectivity index (χ1) is 13.2. The molecule has 0 atom stereocenters. The summed E-state index contributed by atoms with van der Waals surface area (Å²) >= 11 is 1.40. The van der Waals surface area contributed by atoms with Crippen molar-refractivity contribution in [1.82, 2.24) is 19.8 Å². The highest BCUT2D eigenvalue weighted by molar-refractivity contribution is 7.19. The lowest BCUT2D eigenvalue weighted by atomic mass is 10.2. The molecule has 0 unspecified atom stereocenters. The van der Waals surface area contributed by atoms with Crippen LogP contribution in [0.2, 0.25) is 0 Å². The standard InChI is InChI=1S/C18H15FN4O3S/c1-24-14-8-3-11(9-15(14)25-2)17-22-23-16(20-21-18(23)27-17)10-26-13-6-4-12(19)5-7-13/h3-9H,10H2,1-2H3. The van der Waals surface area contributed by atoms with Gasteiger partial charge >= 0.3 is 0 Å². The van der Waals surface area contributed by atoms with E-state index >= 15 is 0 Å². The Kier molecular flexibility index (Phi) is 4.59. The minimum Gasteiger partial charge on any atom is -0.493 e. The Balaban J connectivity index is 1.59. The molecule has 138 valence electrons. The van der Waals surface area contributed by atoms with Crippen molar-refractivity contribution >= 4 is 16.3 Å². The molecule has 0 saturated heterocycles. The Bertz CT molecular complexity index is 1080. The molecule has 2 heterocycles. The lowest BCUT2D eigenvalue weighted by molar-refractivity contribution is 0.292. The minimum absolute atomic E-state index is 0.169. The second-order valence-corrected chi connectivity index (χ2v) is 6.49. The summed E-state index contributed by atoms with van der Waals surface area (Å²) in [6, 6.07) is 11.4. The average molecular weight is 386 g/mol. The van der Waals surface area contributed by atoms with E-state index in [1.807, 2.05) is 18.2 Å². The Morgan fingerprint density at radius 3 is 2.52 bits per heavy atom. The maximum atomic E-state index is 13.0. The Morgan fingerprint density at radius 1 is 1.00 bits per heavy atom. The van der Waals surface area contributed by atoms with E-state index in [4.69, 9.17) is 14.2 Å². The van der Waals surface area contributed by atoms with Crippen molar-refractivity contribution in [2.75, 3.05) is 14.2 Å². The zero-order valence-electron chi connectivity index (χ0n) is 14.5. The third kappa shape index (κ3) is 3.41. The topological polar surface area (TPSA) is 70.8 Å². The molecule has 0 bridgehead atoms. The van der Waals surface area contributed by atoms with E-state index < -0.39 is 0 Å². The van der Waals surface area contributed by atoms with E-state index in [1.54, 1.807) is 30.9 Å². The van der Waals surface area contributed by atoms with Gasteiger partial charge in [-0.25, -0.2) is 4.39 Å². The van der Waals surface area contributed by atoms with Crippen LogP contribution in [0.5, 0.6) is 17.2 Å². The summed E-state index contributed by atoms with van der Waals surface area (Å²) < 4.78 is 30.8. The number of hydrogen-bond acceptors (Lipinski definition) is 7. The van der Waals surface area contributed by atoms with Gasteiger partial charge in [0, 0.05) is 5.56 Å². The Morgan fingerprint density at radius 2 is 1.78 bits per heavy atom. The molecule has 2 aromatic heterocycles. The summed E-state index contributed by atoms with van der Waals surface area (Å²) in [5, 5.41) is 13.6. The number of fused-ring (bicyclic) bond motifs is 1. The maximum Gasteiger partial charge on any atom is 0.235 e. The van der Waals surface area contributed by atoms with Crippen LogP contribution in [0.15, 0.2) is 42.5 Å². The highest BCUT2D eigenvalue weighted by Crippen LogP contribution is 2.34. The number of aromatic nitrogens is 4. The van der Waals surface area contributed by atoms with Crippen molar-refractivity contribution in [2.24, 2.45) is 0 Å². The van der Waals surface area contributed by atoms with E-state index in [9.17, 15) is 4.39 Å². The van der Waals surface area contributed by atoms with E-state index in [0.717, 1.165) is 10.6 Å². The van der Waals surface area contributed by atoms with Gasteiger partial charge in [0.15, 0.2) is 17.3 Å². The zero-order valence-corrected chi connectivity index (χ0v) is 15.4. The minimum atomic E-state index is -0.314. The fourth-order valence-electron chi connectivity index (χ4n) is 2.51. The fraction of sp³-hybridized carbons (Fsp3) is 0.167. The number of rotatable bonds is 6. The molecule has 0 radical (unpaired) electrons. The van der Waals surface area contributed by atoms with Crippen molar-refractivity contribution in [2.45, 2.75) is 6.61 Å². The first-order valence-corrected chi connectivity index (χ1v) is 8.81. The van der Waals surface area contributed by atoms with Crippen molar-refractivity contribution in [3.63, 3.8) is 0 Å². The smallest absolute Gasteiger partial charge is 0.235 e. The van der Waals surface area contributed by atoms with Crippen molar-refractivity contribution in [3.8, 4) is 27.8 Å². The van der Waals surface area contributed by atoms with Gasteiger partial charge in [-0.15, -0.1) is 10.2 Å². The van der Waals surface area contributed by atoms with Crippen LogP contribution < -0.4 is 14.2 Å². The molecule has 4 aromatic rings. The zero-order chi connectivity index (χ0) is 18.8. The second kappa shape index (κ2) is 7.20. The Labute approximate surface area is 158 Å². The van der Waals surface area contributed by atoms with E-state index in [-0.39, 0.29) is 12.4 Å². The van der Waals surface area contributed by atoms with Crippen LogP contribution in [-0.4, -0.2) is 34.0 Å². The number of methoxy groups -OCH3 is 2. The van der Waals surface area contributed by atoms with Gasteiger partial charge in [0.05, 0.1) is 14.2 Å². The molecule has 0 aliphatic carbocycles. The third-order valence-corrected chi connectivity index (χ3v) is 4.82. The monoisotopic (exact) mass is 386 g/mol. The fourth-order valence-corrected chi connectivity index (χ4v) is 3.37. The molecule has 0 amide bonds. The summed E-state index contributed by atoms with van der Waals surface area (Å²) in [6.07, 6.45) is 0. The predicted molar refractivity (Wildman–Crippen MR) is 97.9 cm³/mol. The molecule has 0 fully saturated rings. The van der Waals surface area contributed by atoms with Crippen LogP contribution in [0.3, 0.4) is 0 Å². The molecular weight excluding hydrogens is 371 g/mol. The largest absolute Gasteiger partial charge is 0.493 e. The molecule has 27 heavy (non-hydrogen) atoms. The van der Waals surface area contributed by atoms with Crippen molar-refractivity contribution in [1.29, 1.82) is 0 Å². The molecule has 0 aliphatic heterocycles. The van der Waals surface area contributed by atoms with Crippen LogP contribution >= 0.6 is 11.3 Å². The SMILES string of the molecule is COc1ccc(-c2nn3c(COc4ccc(F)cc4)nnc3s2)cc1OC. The van der Waals surface area contributed by atoms with Gasteiger partial charge in [-0.3, -0.25) is 0 Å². The van der Waals surface area contributed by atoms with E-state index in [2.05, 4.69) is 15.3 Å². The normalized spacial score (nSPS) is 10.9. The van der Waals surface area contributed by atoms with Crippen LogP contribution in [0.25, 0.3) is 15.5 Å². The summed E-state index contributed by atoms with van der Waals surface area (Å²) in [5.41, 5.74) is 0.883. The first-order valence-electron chi connectivity index (χ1n) is 8.00. The molecule has 0 N–H and O–H groups in total. The van der Waals surface area contributed by atoms with E-state index in [1.165, 1.54) is 23.5 Å². The second-order valence-electron chi connectivity index (χ2n) is 5.53. The van der Waals surface area contributed by atoms with Crippen LogP contribution in [0, 0.1) is 5.82 Å². The molecule has 9 heteroatoms. The van der Waals surface area contributed by atoms with Crippen molar-refractivity contribution < 1.29 is 18.6 Å². The summed E-state index contributed by atoms with van der Waals surface area (Å²) in [5.74, 6) is 2.06. The van der Waals surface area contributed by atoms with Gasteiger partial charge in [-0.05, 0) is 42.5 Å². The molecule has 2 aromatic carbocycles. The number of hydrogen-bond donors (Lipinski definition) is 0. The lowest BCUT2D eigenvalue weighted by Crippen LogP contribution is -2.02. The van der Waals surface area contributed by atoms with Gasteiger partial charge in [0.1, 0.15) is 23.2 Å². The van der Waals surface area contributed by atoms with Crippen molar-refractivity contribution in [3.05, 3.63) is 54.1 Å². The van der Waals surface area contributed by atoms with Gasteiger partial charge in [0.2, 0.25) is 4.96 Å². The number of nitrogens with zero attached hydrogens (tertiary/aromatic N) is 4. The molecule has 0 spiro atoms. The molecule has 0 saturated carbocycles. The number of benzene rings is 2. The average Bonchev–Trinajstić information content (AvgIpc) is 3.28. The van der Waals surface area contributed by atoms with E-state index in [0.29, 0.717) is 28.0 Å². The van der Waals surface area contributed by atoms with Crippen LogP contribution in [-0.2, 0) is 6.61 Å². The predicted octanol–water partition coefficient (Wildman–Crippen LogP) is 3.59. The molecule has 7 nitrogen and oxygen atoms in total. The summed E-state index contributed by atoms with van der Waals surface area (Å²) in [7, 11) is 3.18. The molecular formula is C18H15FN4O3S. The summed E-state index contributed by atoms with van der Waals surface area (Å²) in [4.78, 5) is 0.650. The highest BCUT2D eigenvalue weighted by Gasteiger charge is 2.15. The van der Waals surface area contributed by atoms with Gasteiger partial charge in [-0.1, -0.05) is 11.3 Å². The Hall–Kier alpha value is -3.20. The maximum absolute atomic E-state index is 13.0. The lowest BCUT2D eigenvalue weighted by Gasteiger charge is -2.07. The van der Waals surface area contributed by atoms with Gasteiger partial charge < -0.3 is 14.2 Å². The van der Waals surface area contributed by atoms with Gasteiger partial charge in [0.25, 0.3) is 0 Å². The number of ether oxygens (including phenoxy) is 3. The quantitative estimate of drug-likeness (QED) is 0.504. The van der Waals surface area contributed by atoms with Crippen LogP contribution in [0.1, 0.15) is 5.82 Å². The highest BCUT2D eigenvalue weighted by atomic mass is 32.1. The molecule has 0 aliphatic rings. The number of halogens is 1. The van der Waals surface area contributed by atoms with Crippen LogP contribution in [0.4, 0.5) is 4.39 Å². The molecule has 4 rings (SSSR count).